The molecule has 1 saturated carbocycles. The first kappa shape index (κ1) is 24.2. The number of tetrazole rings is 1. The van der Waals surface area contributed by atoms with Crippen LogP contribution in [0.3, 0.4) is 0 Å². The third-order valence-corrected chi connectivity index (χ3v) is 7.06. The molecule has 1 aliphatic heterocycles. The van der Waals surface area contributed by atoms with Gasteiger partial charge in [-0.2, -0.15) is 0 Å². The zero-order valence-electron chi connectivity index (χ0n) is 21.6. The van der Waals surface area contributed by atoms with Crippen molar-refractivity contribution in [1.82, 2.24) is 34.7 Å². The largest absolute Gasteiger partial charge is 0.488 e. The molecule has 0 radical (unpaired) electrons. The third-order valence-electron chi connectivity index (χ3n) is 7.06. The van der Waals surface area contributed by atoms with Gasteiger partial charge in [0, 0.05) is 18.3 Å². The van der Waals surface area contributed by atoms with Crippen LogP contribution in [-0.2, 0) is 11.3 Å². The van der Waals surface area contributed by atoms with Crippen LogP contribution in [0.15, 0.2) is 79.4 Å². The maximum absolute atomic E-state index is 13.3. The van der Waals surface area contributed by atoms with Gasteiger partial charge < -0.3 is 19.4 Å². The highest BCUT2D eigenvalue weighted by molar-refractivity contribution is 6.04. The molecule has 40 heavy (non-hydrogen) atoms. The minimum atomic E-state index is -0.354. The molecule has 200 valence electrons. The van der Waals surface area contributed by atoms with Crippen LogP contribution in [0.4, 0.5) is 5.69 Å². The van der Waals surface area contributed by atoms with Crippen LogP contribution in [0.1, 0.15) is 46.5 Å². The monoisotopic (exact) mass is 534 g/mol. The number of rotatable bonds is 8. The standard InChI is InChI=1S/C29H26N8O3/c38-29(25-13-21(11-12-30-25)36-14-26(31-18-36)20-9-10-20)32-24-8-4-7-23-27(24)40-17-22(37-28(23)33-34-35-37)16-39-15-19-5-2-1-3-6-19/h1-8,11-14,18,20,22H,9-10,15-17H2,(H,32,38)/t22-/m0/s1. The fourth-order valence-corrected chi connectivity index (χ4v) is 4.80. The molecule has 4 heterocycles. The average Bonchev–Trinajstić information content (AvgIpc) is 3.56. The van der Waals surface area contributed by atoms with E-state index in [4.69, 9.17) is 9.47 Å². The van der Waals surface area contributed by atoms with Crippen LogP contribution in [0.25, 0.3) is 17.1 Å². The zero-order valence-corrected chi connectivity index (χ0v) is 21.6. The van der Waals surface area contributed by atoms with E-state index in [1.807, 2.05) is 59.3 Å². The zero-order chi connectivity index (χ0) is 26.9. The van der Waals surface area contributed by atoms with Crippen LogP contribution in [-0.4, -0.2) is 53.9 Å². The van der Waals surface area contributed by atoms with Crippen molar-refractivity contribution < 1.29 is 14.3 Å². The van der Waals surface area contributed by atoms with Crippen molar-refractivity contribution in [2.24, 2.45) is 0 Å². The number of para-hydroxylation sites is 1. The summed E-state index contributed by atoms with van der Waals surface area (Å²) in [6.45, 7) is 1.09. The highest BCUT2D eigenvalue weighted by atomic mass is 16.5. The normalized spacial score (nSPS) is 15.9. The number of fused-ring (bicyclic) bond motifs is 3. The Morgan fingerprint density at radius 1 is 1.07 bits per heavy atom. The number of carbonyl (C=O) groups excluding carboxylic acids is 1. The first-order valence-electron chi connectivity index (χ1n) is 13.2. The number of carbonyl (C=O) groups is 1. The Balaban J connectivity index is 1.09. The van der Waals surface area contributed by atoms with Crippen LogP contribution in [0.5, 0.6) is 5.75 Å². The smallest absolute Gasteiger partial charge is 0.274 e. The Labute approximate surface area is 229 Å². The van der Waals surface area contributed by atoms with Gasteiger partial charge in [-0.1, -0.05) is 36.4 Å². The number of pyridine rings is 1. The van der Waals surface area contributed by atoms with E-state index in [0.717, 1.165) is 16.9 Å². The van der Waals surface area contributed by atoms with Gasteiger partial charge in [0.1, 0.15) is 18.3 Å². The molecule has 0 spiro atoms. The molecule has 0 saturated heterocycles. The predicted molar refractivity (Wildman–Crippen MR) is 145 cm³/mol. The summed E-state index contributed by atoms with van der Waals surface area (Å²) in [5.74, 6) is 1.24. The quantitative estimate of drug-likeness (QED) is 0.314. The average molecular weight is 535 g/mol. The molecule has 3 aromatic heterocycles. The summed E-state index contributed by atoms with van der Waals surface area (Å²) in [5, 5.41) is 15.3. The fourth-order valence-electron chi connectivity index (χ4n) is 4.80. The highest BCUT2D eigenvalue weighted by Crippen LogP contribution is 2.40. The molecule has 7 rings (SSSR count). The van der Waals surface area contributed by atoms with Crippen molar-refractivity contribution >= 4 is 11.6 Å². The van der Waals surface area contributed by atoms with Crippen molar-refractivity contribution in [3.8, 4) is 22.8 Å². The lowest BCUT2D eigenvalue weighted by Gasteiger charge is -2.16. The van der Waals surface area contributed by atoms with E-state index in [-0.39, 0.29) is 24.2 Å². The van der Waals surface area contributed by atoms with Crippen molar-refractivity contribution in [2.75, 3.05) is 18.5 Å². The van der Waals surface area contributed by atoms with Crippen LogP contribution < -0.4 is 10.1 Å². The fraction of sp³-hybridized carbons (Fsp3) is 0.241. The predicted octanol–water partition coefficient (Wildman–Crippen LogP) is 4.20. The first-order valence-corrected chi connectivity index (χ1v) is 13.2. The minimum absolute atomic E-state index is 0.251. The van der Waals surface area contributed by atoms with Crippen molar-refractivity contribution in [1.29, 1.82) is 0 Å². The van der Waals surface area contributed by atoms with E-state index >= 15 is 0 Å². The maximum atomic E-state index is 13.3. The molecule has 1 fully saturated rings. The first-order chi connectivity index (χ1) is 19.7. The molecule has 11 heteroatoms. The molecule has 2 aromatic carbocycles. The number of hydrogen-bond acceptors (Lipinski definition) is 8. The van der Waals surface area contributed by atoms with E-state index in [0.29, 0.717) is 42.0 Å². The van der Waals surface area contributed by atoms with Gasteiger partial charge in [-0.25, -0.2) is 9.67 Å². The van der Waals surface area contributed by atoms with Gasteiger partial charge in [0.25, 0.3) is 5.91 Å². The molecular weight excluding hydrogens is 508 g/mol. The van der Waals surface area contributed by atoms with Gasteiger partial charge >= 0.3 is 0 Å². The van der Waals surface area contributed by atoms with E-state index in [9.17, 15) is 4.79 Å². The summed E-state index contributed by atoms with van der Waals surface area (Å²) < 4.78 is 15.9. The molecule has 1 atom stereocenters. The summed E-state index contributed by atoms with van der Waals surface area (Å²) in [7, 11) is 0. The Morgan fingerprint density at radius 3 is 2.85 bits per heavy atom. The summed E-state index contributed by atoms with van der Waals surface area (Å²) in [6.07, 6.45) is 7.78. The van der Waals surface area contributed by atoms with Gasteiger partial charge in [-0.3, -0.25) is 9.78 Å². The molecule has 1 amide bonds. The number of anilines is 1. The van der Waals surface area contributed by atoms with Crippen molar-refractivity contribution in [3.63, 3.8) is 0 Å². The van der Waals surface area contributed by atoms with Gasteiger partial charge in [0.2, 0.25) is 0 Å². The van der Waals surface area contributed by atoms with E-state index in [2.05, 4.69) is 30.8 Å². The van der Waals surface area contributed by atoms with Crippen LogP contribution in [0, 0.1) is 0 Å². The Morgan fingerprint density at radius 2 is 1.98 bits per heavy atom. The summed E-state index contributed by atoms with van der Waals surface area (Å²) >= 11 is 0. The molecule has 0 bridgehead atoms. The highest BCUT2D eigenvalue weighted by Gasteiger charge is 2.29. The molecule has 2 aliphatic rings. The van der Waals surface area contributed by atoms with Crippen molar-refractivity contribution in [2.45, 2.75) is 31.4 Å². The molecule has 11 nitrogen and oxygen atoms in total. The number of imidazole rings is 1. The van der Waals surface area contributed by atoms with Gasteiger partial charge in [-0.05, 0) is 53.1 Å². The van der Waals surface area contributed by atoms with E-state index in [1.54, 1.807) is 29.3 Å². The molecule has 0 unspecified atom stereocenters. The molecular formula is C29H26N8O3. The number of nitrogens with one attached hydrogen (secondary N) is 1. The molecule has 5 aromatic rings. The van der Waals surface area contributed by atoms with Gasteiger partial charge in [0.05, 0.1) is 42.2 Å². The number of benzene rings is 2. The lowest BCUT2D eigenvalue weighted by atomic mass is 10.1. The summed E-state index contributed by atoms with van der Waals surface area (Å²) in [4.78, 5) is 22.1. The van der Waals surface area contributed by atoms with E-state index < -0.39 is 0 Å². The Bertz CT molecular complexity index is 1660. The molecule has 1 N–H and O–H groups in total. The number of aromatic nitrogens is 7. The number of nitrogens with zero attached hydrogens (tertiary/aromatic N) is 7. The van der Waals surface area contributed by atoms with Gasteiger partial charge in [0.15, 0.2) is 11.6 Å². The van der Waals surface area contributed by atoms with E-state index in [1.165, 1.54) is 12.8 Å². The van der Waals surface area contributed by atoms with Crippen LogP contribution >= 0.6 is 0 Å². The third kappa shape index (κ3) is 4.82. The Hall–Kier alpha value is -4.90. The van der Waals surface area contributed by atoms with Crippen molar-refractivity contribution in [3.05, 3.63) is 96.3 Å². The van der Waals surface area contributed by atoms with Gasteiger partial charge in [-0.15, -0.1) is 5.10 Å². The summed E-state index contributed by atoms with van der Waals surface area (Å²) in [6, 6.07) is 18.8. The SMILES string of the molecule is O=C(Nc1cccc2c1OC[C@H](COCc1ccccc1)n1nnnc1-2)c1cc(-n2cnc(C3CC3)c2)ccn1. The summed E-state index contributed by atoms with van der Waals surface area (Å²) in [5.41, 5.74) is 4.45. The Kier molecular flexibility index (Phi) is 6.25. The number of ether oxygens (including phenoxy) is 2. The maximum Gasteiger partial charge on any atom is 0.274 e. The minimum Gasteiger partial charge on any atom is -0.488 e. The number of hydrogen-bond donors (Lipinski definition) is 1. The second-order valence-electron chi connectivity index (χ2n) is 9.93. The lowest BCUT2D eigenvalue weighted by Crippen LogP contribution is -2.23. The topological polar surface area (TPSA) is 122 Å². The second kappa shape index (κ2) is 10.3. The lowest BCUT2D eigenvalue weighted by molar-refractivity contribution is 0.0690. The molecule has 1 aliphatic carbocycles. The second-order valence-corrected chi connectivity index (χ2v) is 9.93. The number of amides is 1. The van der Waals surface area contributed by atoms with Crippen LogP contribution in [0.2, 0.25) is 0 Å².